The molecule has 4 nitrogen and oxygen atoms in total. The largest absolute Gasteiger partial charge is 0.379 e. The maximum Gasteiger partial charge on any atom is 0.231 e. The van der Waals surface area contributed by atoms with Crippen LogP contribution in [-0.2, 0) is 9.53 Å². The van der Waals surface area contributed by atoms with Crippen LogP contribution in [-0.4, -0.2) is 25.2 Å². The second kappa shape index (κ2) is 5.04. The Bertz CT molecular complexity index is 437. The van der Waals surface area contributed by atoms with Crippen molar-refractivity contribution in [1.29, 1.82) is 0 Å². The molecule has 2 rings (SSSR count). The van der Waals surface area contributed by atoms with Gasteiger partial charge in [0.1, 0.15) is 0 Å². The van der Waals surface area contributed by atoms with Crippen LogP contribution in [0.1, 0.15) is 5.56 Å². The molecule has 0 bridgehead atoms. The quantitative estimate of drug-likeness (QED) is 0.842. The highest BCUT2D eigenvalue weighted by Gasteiger charge is 2.31. The first-order valence-corrected chi connectivity index (χ1v) is 5.86. The van der Waals surface area contributed by atoms with Gasteiger partial charge in [0, 0.05) is 6.04 Å². The van der Waals surface area contributed by atoms with Crippen LogP contribution in [0.2, 0.25) is 5.02 Å². The van der Waals surface area contributed by atoms with Gasteiger partial charge >= 0.3 is 0 Å². The lowest BCUT2D eigenvalue weighted by Gasteiger charge is -2.14. The highest BCUT2D eigenvalue weighted by molar-refractivity contribution is 6.33. The van der Waals surface area contributed by atoms with E-state index in [1.54, 1.807) is 6.07 Å². The van der Waals surface area contributed by atoms with Crippen LogP contribution in [0.5, 0.6) is 0 Å². The van der Waals surface area contributed by atoms with Crippen LogP contribution in [0, 0.1) is 12.8 Å². The summed E-state index contributed by atoms with van der Waals surface area (Å²) >= 11 is 6.01. The predicted octanol–water partition coefficient (Wildman–Crippen LogP) is 1.56. The Morgan fingerprint density at radius 1 is 1.53 bits per heavy atom. The number of anilines is 1. The summed E-state index contributed by atoms with van der Waals surface area (Å²) in [4.78, 5) is 12.0. The number of benzene rings is 1. The topological polar surface area (TPSA) is 64.3 Å². The van der Waals surface area contributed by atoms with Gasteiger partial charge in [-0.15, -0.1) is 0 Å². The van der Waals surface area contributed by atoms with E-state index >= 15 is 0 Å². The number of ether oxygens (including phenoxy) is 1. The van der Waals surface area contributed by atoms with Gasteiger partial charge in [-0.2, -0.15) is 0 Å². The lowest BCUT2D eigenvalue weighted by Crippen LogP contribution is -2.37. The number of rotatable bonds is 2. The van der Waals surface area contributed by atoms with Gasteiger partial charge in [-0.05, 0) is 24.6 Å². The van der Waals surface area contributed by atoms with Gasteiger partial charge in [-0.25, -0.2) is 0 Å². The third-order valence-corrected chi connectivity index (χ3v) is 3.17. The van der Waals surface area contributed by atoms with Crippen LogP contribution in [0.3, 0.4) is 0 Å². The first kappa shape index (κ1) is 12.4. The Kier molecular flexibility index (Phi) is 3.66. The zero-order valence-corrected chi connectivity index (χ0v) is 10.3. The number of hydrogen-bond acceptors (Lipinski definition) is 3. The molecule has 0 aliphatic carbocycles. The molecule has 0 spiro atoms. The molecule has 0 saturated carbocycles. The maximum atomic E-state index is 12.0. The maximum absolute atomic E-state index is 12.0. The number of halogens is 1. The van der Waals surface area contributed by atoms with E-state index in [0.29, 0.717) is 23.9 Å². The lowest BCUT2D eigenvalue weighted by molar-refractivity contribution is -0.120. The van der Waals surface area contributed by atoms with Crippen molar-refractivity contribution in [1.82, 2.24) is 0 Å². The van der Waals surface area contributed by atoms with Crippen LogP contribution < -0.4 is 11.1 Å². The minimum atomic E-state index is -0.299. The molecule has 1 amide bonds. The number of nitrogens with one attached hydrogen (secondary N) is 1. The van der Waals surface area contributed by atoms with E-state index in [-0.39, 0.29) is 17.9 Å². The van der Waals surface area contributed by atoms with E-state index in [2.05, 4.69) is 5.32 Å². The van der Waals surface area contributed by atoms with Gasteiger partial charge in [0.05, 0.1) is 29.8 Å². The molecule has 1 aliphatic heterocycles. The van der Waals surface area contributed by atoms with E-state index in [0.717, 1.165) is 5.56 Å². The Morgan fingerprint density at radius 3 is 2.94 bits per heavy atom. The molecule has 0 radical (unpaired) electrons. The van der Waals surface area contributed by atoms with Crippen LogP contribution in [0.25, 0.3) is 0 Å². The monoisotopic (exact) mass is 254 g/mol. The lowest BCUT2D eigenvalue weighted by atomic mass is 10.0. The molecule has 3 N–H and O–H groups in total. The van der Waals surface area contributed by atoms with Gasteiger partial charge in [-0.3, -0.25) is 4.79 Å². The first-order valence-electron chi connectivity index (χ1n) is 5.48. The molecule has 2 unspecified atom stereocenters. The highest BCUT2D eigenvalue weighted by atomic mass is 35.5. The fraction of sp³-hybridized carbons (Fsp3) is 0.417. The Labute approximate surface area is 105 Å². The van der Waals surface area contributed by atoms with Crippen LogP contribution in [0.15, 0.2) is 18.2 Å². The number of amides is 1. The van der Waals surface area contributed by atoms with Crippen molar-refractivity contribution < 1.29 is 9.53 Å². The Balaban J connectivity index is 2.10. The van der Waals surface area contributed by atoms with E-state index in [1.807, 2.05) is 19.1 Å². The summed E-state index contributed by atoms with van der Waals surface area (Å²) in [6.45, 7) is 2.74. The summed E-state index contributed by atoms with van der Waals surface area (Å²) in [5, 5.41) is 3.32. The molecule has 1 saturated heterocycles. The molecule has 92 valence electrons. The van der Waals surface area contributed by atoms with E-state index in [1.165, 1.54) is 0 Å². The summed E-state index contributed by atoms with van der Waals surface area (Å²) in [7, 11) is 0. The molecule has 5 heteroatoms. The van der Waals surface area contributed by atoms with Gasteiger partial charge in [0.15, 0.2) is 0 Å². The smallest absolute Gasteiger partial charge is 0.231 e. The first-order chi connectivity index (χ1) is 8.08. The minimum Gasteiger partial charge on any atom is -0.379 e. The molecular weight excluding hydrogens is 240 g/mol. The second-order valence-corrected chi connectivity index (χ2v) is 4.69. The zero-order valence-electron chi connectivity index (χ0n) is 9.57. The average Bonchev–Trinajstić information content (AvgIpc) is 2.70. The number of aryl methyl sites for hydroxylation is 1. The Morgan fingerprint density at radius 2 is 2.29 bits per heavy atom. The number of carbonyl (C=O) groups excluding carboxylic acids is 1. The fourth-order valence-electron chi connectivity index (χ4n) is 1.80. The summed E-state index contributed by atoms with van der Waals surface area (Å²) in [6, 6.07) is 5.25. The molecule has 1 aromatic carbocycles. The SMILES string of the molecule is Cc1ccc(Cl)c(NC(=O)C2COCC2N)c1. The normalized spacial score (nSPS) is 23.7. The van der Waals surface area contributed by atoms with Crippen molar-refractivity contribution in [2.45, 2.75) is 13.0 Å². The molecule has 17 heavy (non-hydrogen) atoms. The van der Waals surface area contributed by atoms with Crippen molar-refractivity contribution in [3.63, 3.8) is 0 Å². The predicted molar refractivity (Wildman–Crippen MR) is 67.1 cm³/mol. The standard InChI is InChI=1S/C12H15ClN2O2/c1-7-2-3-9(13)11(4-7)15-12(16)8-5-17-6-10(8)14/h2-4,8,10H,5-6,14H2,1H3,(H,15,16). The van der Waals surface area contributed by atoms with Crippen molar-refractivity contribution in [3.8, 4) is 0 Å². The number of hydrogen-bond donors (Lipinski definition) is 2. The van der Waals surface area contributed by atoms with E-state index < -0.39 is 0 Å². The van der Waals surface area contributed by atoms with Gasteiger partial charge in [-0.1, -0.05) is 17.7 Å². The molecule has 2 atom stereocenters. The van der Waals surface area contributed by atoms with Crippen LogP contribution in [0.4, 0.5) is 5.69 Å². The summed E-state index contributed by atoms with van der Waals surface area (Å²) in [6.07, 6.45) is 0. The van der Waals surface area contributed by atoms with E-state index in [9.17, 15) is 4.79 Å². The number of carbonyl (C=O) groups is 1. The summed E-state index contributed by atoms with van der Waals surface area (Å²) in [5.41, 5.74) is 7.44. The average molecular weight is 255 g/mol. The Hall–Kier alpha value is -1.10. The molecule has 1 heterocycles. The zero-order chi connectivity index (χ0) is 12.4. The van der Waals surface area contributed by atoms with Crippen molar-refractivity contribution in [2.75, 3.05) is 18.5 Å². The molecular formula is C12H15ClN2O2. The highest BCUT2D eigenvalue weighted by Crippen LogP contribution is 2.24. The number of nitrogens with two attached hydrogens (primary N) is 1. The van der Waals surface area contributed by atoms with Crippen molar-refractivity contribution >= 4 is 23.2 Å². The minimum absolute atomic E-state index is 0.137. The molecule has 1 aromatic rings. The fourth-order valence-corrected chi connectivity index (χ4v) is 1.97. The van der Waals surface area contributed by atoms with Crippen molar-refractivity contribution in [2.24, 2.45) is 11.7 Å². The van der Waals surface area contributed by atoms with Gasteiger partial charge in [0.25, 0.3) is 0 Å². The van der Waals surface area contributed by atoms with Crippen LogP contribution >= 0.6 is 11.6 Å². The van der Waals surface area contributed by atoms with Gasteiger partial charge in [0.2, 0.25) is 5.91 Å². The summed E-state index contributed by atoms with van der Waals surface area (Å²) in [5.74, 6) is -0.436. The van der Waals surface area contributed by atoms with Gasteiger partial charge < -0.3 is 15.8 Å². The molecule has 0 aromatic heterocycles. The molecule has 1 fully saturated rings. The summed E-state index contributed by atoms with van der Waals surface area (Å²) < 4.78 is 5.16. The van der Waals surface area contributed by atoms with Crippen molar-refractivity contribution in [3.05, 3.63) is 28.8 Å². The second-order valence-electron chi connectivity index (χ2n) is 4.28. The molecule has 1 aliphatic rings. The van der Waals surface area contributed by atoms with E-state index in [4.69, 9.17) is 22.1 Å². The third kappa shape index (κ3) is 2.77. The third-order valence-electron chi connectivity index (χ3n) is 2.84.